The highest BCUT2D eigenvalue weighted by atomic mass is 16.5. The molecule has 0 bridgehead atoms. The predicted molar refractivity (Wildman–Crippen MR) is 99.5 cm³/mol. The largest absolute Gasteiger partial charge is 0.497 e. The number of carbonyl (C=O) groups excluding carboxylic acids is 3. The normalized spacial score (nSPS) is 10.3. The monoisotopic (exact) mass is 383 g/mol. The number of hydrogen-bond donors (Lipinski definition) is 2. The third-order valence-electron chi connectivity index (χ3n) is 3.49. The molecule has 0 radical (unpaired) electrons. The lowest BCUT2D eigenvalue weighted by Gasteiger charge is -2.07. The summed E-state index contributed by atoms with van der Waals surface area (Å²) in [4.78, 5) is 46.0. The van der Waals surface area contributed by atoms with Crippen LogP contribution in [0.4, 0.5) is 5.69 Å². The highest BCUT2D eigenvalue weighted by Gasteiger charge is 2.12. The zero-order chi connectivity index (χ0) is 20.5. The molecule has 2 aromatic rings. The van der Waals surface area contributed by atoms with Crippen molar-refractivity contribution >= 4 is 29.3 Å². The molecule has 8 heteroatoms. The van der Waals surface area contributed by atoms with Crippen molar-refractivity contribution in [3.63, 3.8) is 0 Å². The Bertz CT molecular complexity index is 916. The predicted octanol–water partition coefficient (Wildman–Crippen LogP) is 2.31. The number of methoxy groups -OCH3 is 1. The SMILES string of the molecule is COc1cccc(C(=O)COC(=O)c2ccc(NC(=O)/C=C/C(=O)O)cc2)c1. The number of nitrogens with one attached hydrogen (secondary N) is 1. The van der Waals surface area contributed by atoms with Crippen molar-refractivity contribution in [3.8, 4) is 5.75 Å². The highest BCUT2D eigenvalue weighted by molar-refractivity contribution is 6.03. The fraction of sp³-hybridized carbons (Fsp3) is 0.100. The third kappa shape index (κ3) is 6.10. The summed E-state index contributed by atoms with van der Waals surface area (Å²) < 4.78 is 10.1. The van der Waals surface area contributed by atoms with Gasteiger partial charge in [0, 0.05) is 23.4 Å². The number of ketones is 1. The minimum absolute atomic E-state index is 0.192. The van der Waals surface area contributed by atoms with Gasteiger partial charge < -0.3 is 19.9 Å². The van der Waals surface area contributed by atoms with Crippen LogP contribution < -0.4 is 10.1 Å². The topological polar surface area (TPSA) is 119 Å². The molecular weight excluding hydrogens is 366 g/mol. The van der Waals surface area contributed by atoms with Gasteiger partial charge in [0.2, 0.25) is 5.91 Å². The number of carboxylic acids is 1. The maximum Gasteiger partial charge on any atom is 0.338 e. The summed E-state index contributed by atoms with van der Waals surface area (Å²) in [6.07, 6.45) is 1.58. The second-order valence-electron chi connectivity index (χ2n) is 5.47. The summed E-state index contributed by atoms with van der Waals surface area (Å²) in [6, 6.07) is 12.2. The number of ether oxygens (including phenoxy) is 2. The Morgan fingerprint density at radius 3 is 2.36 bits per heavy atom. The van der Waals surface area contributed by atoms with Crippen LogP contribution in [0.1, 0.15) is 20.7 Å². The molecule has 2 N–H and O–H groups in total. The molecule has 0 aliphatic carbocycles. The summed E-state index contributed by atoms with van der Waals surface area (Å²) >= 11 is 0. The first-order chi connectivity index (χ1) is 13.4. The zero-order valence-corrected chi connectivity index (χ0v) is 14.9. The average Bonchev–Trinajstić information content (AvgIpc) is 2.70. The maximum atomic E-state index is 12.1. The first-order valence-electron chi connectivity index (χ1n) is 8.05. The van der Waals surface area contributed by atoms with E-state index in [1.54, 1.807) is 24.3 Å². The highest BCUT2D eigenvalue weighted by Crippen LogP contribution is 2.14. The lowest BCUT2D eigenvalue weighted by atomic mass is 10.1. The van der Waals surface area contributed by atoms with Gasteiger partial charge in [0.15, 0.2) is 12.4 Å². The van der Waals surface area contributed by atoms with Crippen LogP contribution >= 0.6 is 0 Å². The Labute approximate surface area is 160 Å². The van der Waals surface area contributed by atoms with Gasteiger partial charge >= 0.3 is 11.9 Å². The van der Waals surface area contributed by atoms with Crippen molar-refractivity contribution in [3.05, 3.63) is 71.8 Å². The van der Waals surface area contributed by atoms with Crippen molar-refractivity contribution in [2.24, 2.45) is 0 Å². The molecule has 0 heterocycles. The maximum absolute atomic E-state index is 12.1. The number of amides is 1. The van der Waals surface area contributed by atoms with Crippen LogP contribution in [0.3, 0.4) is 0 Å². The molecule has 2 aromatic carbocycles. The molecule has 28 heavy (non-hydrogen) atoms. The summed E-state index contributed by atoms with van der Waals surface area (Å²) in [6.45, 7) is -0.426. The first-order valence-corrected chi connectivity index (χ1v) is 8.05. The van der Waals surface area contributed by atoms with Gasteiger partial charge in [-0.2, -0.15) is 0 Å². The molecule has 144 valence electrons. The van der Waals surface area contributed by atoms with E-state index in [1.165, 1.54) is 31.4 Å². The minimum atomic E-state index is -1.24. The Kier molecular flexibility index (Phi) is 7.04. The molecule has 0 aliphatic heterocycles. The van der Waals surface area contributed by atoms with Crippen molar-refractivity contribution in [2.45, 2.75) is 0 Å². The fourth-order valence-electron chi connectivity index (χ4n) is 2.11. The van der Waals surface area contributed by atoms with Crippen molar-refractivity contribution in [1.29, 1.82) is 0 Å². The number of rotatable bonds is 8. The fourth-order valence-corrected chi connectivity index (χ4v) is 2.11. The van der Waals surface area contributed by atoms with Crippen LogP contribution in [0.15, 0.2) is 60.7 Å². The number of benzene rings is 2. The van der Waals surface area contributed by atoms with Gasteiger partial charge in [0.25, 0.3) is 0 Å². The number of aliphatic carboxylic acids is 1. The smallest absolute Gasteiger partial charge is 0.338 e. The second-order valence-corrected chi connectivity index (χ2v) is 5.47. The zero-order valence-electron chi connectivity index (χ0n) is 14.9. The first kappa shape index (κ1) is 20.4. The van der Waals surface area contributed by atoms with Crippen molar-refractivity contribution in [2.75, 3.05) is 19.0 Å². The number of anilines is 1. The molecule has 0 fully saturated rings. The Morgan fingerprint density at radius 2 is 1.71 bits per heavy atom. The summed E-state index contributed by atoms with van der Waals surface area (Å²) in [7, 11) is 1.48. The Morgan fingerprint density at radius 1 is 1.00 bits per heavy atom. The summed E-state index contributed by atoms with van der Waals surface area (Å²) in [5.74, 6) is -2.41. The molecule has 0 aliphatic rings. The molecule has 1 amide bonds. The quantitative estimate of drug-likeness (QED) is 0.408. The van der Waals surface area contributed by atoms with Gasteiger partial charge in [0.05, 0.1) is 12.7 Å². The van der Waals surface area contributed by atoms with E-state index in [0.717, 1.165) is 6.08 Å². The molecule has 0 saturated carbocycles. The van der Waals surface area contributed by atoms with Crippen LogP contribution in [-0.2, 0) is 14.3 Å². The van der Waals surface area contributed by atoms with E-state index in [1.807, 2.05) is 0 Å². The number of esters is 1. The number of hydrogen-bond acceptors (Lipinski definition) is 6. The van der Waals surface area contributed by atoms with Crippen molar-refractivity contribution < 1.29 is 33.8 Å². The average molecular weight is 383 g/mol. The van der Waals surface area contributed by atoms with Crippen LogP contribution in [0, 0.1) is 0 Å². The molecule has 8 nitrogen and oxygen atoms in total. The lowest BCUT2D eigenvalue weighted by Crippen LogP contribution is -2.14. The molecule has 2 rings (SSSR count). The van der Waals surface area contributed by atoms with E-state index in [-0.39, 0.29) is 11.3 Å². The minimum Gasteiger partial charge on any atom is -0.497 e. The summed E-state index contributed by atoms with van der Waals surface area (Å²) in [5.41, 5.74) is 0.918. The molecule has 0 saturated heterocycles. The Hall–Kier alpha value is -3.94. The van der Waals surface area contributed by atoms with Crippen molar-refractivity contribution in [1.82, 2.24) is 0 Å². The molecular formula is C20H17NO7. The molecule has 0 atom stereocenters. The van der Waals surface area contributed by atoms with Gasteiger partial charge in [-0.3, -0.25) is 9.59 Å². The van der Waals surface area contributed by atoms with E-state index >= 15 is 0 Å². The van der Waals surface area contributed by atoms with E-state index < -0.39 is 24.5 Å². The number of Topliss-reactive ketones (excluding diaryl/α,β-unsaturated/α-hetero) is 1. The molecule has 0 aromatic heterocycles. The van der Waals surface area contributed by atoms with Gasteiger partial charge in [-0.1, -0.05) is 12.1 Å². The van der Waals surface area contributed by atoms with Crippen LogP contribution in [-0.4, -0.2) is 42.5 Å². The second kappa shape index (κ2) is 9.67. The van der Waals surface area contributed by atoms with Crippen LogP contribution in [0.2, 0.25) is 0 Å². The molecule has 0 unspecified atom stereocenters. The van der Waals surface area contributed by atoms with E-state index in [0.29, 0.717) is 23.1 Å². The van der Waals surface area contributed by atoms with Gasteiger partial charge in [0.1, 0.15) is 5.75 Å². The van der Waals surface area contributed by atoms with Gasteiger partial charge in [-0.15, -0.1) is 0 Å². The van der Waals surface area contributed by atoms with E-state index in [4.69, 9.17) is 14.6 Å². The van der Waals surface area contributed by atoms with Gasteiger partial charge in [-0.05, 0) is 36.4 Å². The van der Waals surface area contributed by atoms with Crippen LogP contribution in [0.5, 0.6) is 5.75 Å². The Balaban J connectivity index is 1.91. The number of carbonyl (C=O) groups is 4. The van der Waals surface area contributed by atoms with Gasteiger partial charge in [-0.25, -0.2) is 9.59 Å². The van der Waals surface area contributed by atoms with Crippen LogP contribution in [0.25, 0.3) is 0 Å². The van der Waals surface area contributed by atoms with E-state index in [2.05, 4.69) is 5.32 Å². The summed E-state index contributed by atoms with van der Waals surface area (Å²) in [5, 5.41) is 10.9. The number of carboxylic acid groups (broad SMARTS) is 1. The van der Waals surface area contributed by atoms with E-state index in [9.17, 15) is 19.2 Å². The molecule has 0 spiro atoms. The lowest BCUT2D eigenvalue weighted by molar-refractivity contribution is -0.131. The third-order valence-corrected chi connectivity index (χ3v) is 3.49. The standard InChI is InChI=1S/C20H17NO7/c1-27-16-4-2-3-14(11-16)17(22)12-28-20(26)13-5-7-15(8-6-13)21-18(23)9-10-19(24)25/h2-11H,12H2,1H3,(H,21,23)(H,24,25)/b10-9+.